The van der Waals surface area contributed by atoms with E-state index >= 15 is 8.78 Å². The summed E-state index contributed by atoms with van der Waals surface area (Å²) in [5.74, 6) is -1.14. The molecule has 0 spiro atoms. The number of hydrogen-bond donors (Lipinski definition) is 3. The van der Waals surface area contributed by atoms with Crippen LogP contribution in [-0.2, 0) is 14.4 Å². The first kappa shape index (κ1) is 46.8. The van der Waals surface area contributed by atoms with Crippen molar-refractivity contribution < 1.29 is 37.5 Å². The number of aldehydes is 2. The number of piperazine rings is 1. The minimum atomic E-state index is -0.853. The van der Waals surface area contributed by atoms with Crippen LogP contribution in [0.1, 0.15) is 58.9 Å². The summed E-state index contributed by atoms with van der Waals surface area (Å²) in [4.78, 5) is 69.7. The molecule has 2 aliphatic rings. The number of nitrogens with zero attached hydrogens (tertiary/aromatic N) is 6. The van der Waals surface area contributed by atoms with E-state index in [1.54, 1.807) is 30.3 Å². The summed E-state index contributed by atoms with van der Waals surface area (Å²) in [5, 5.41) is 17.7. The number of piperidine rings is 1. The Morgan fingerprint density at radius 3 is 2.37 bits per heavy atom. The van der Waals surface area contributed by atoms with Gasteiger partial charge in [0.25, 0.3) is 5.91 Å². The second-order valence-electron chi connectivity index (χ2n) is 15.7. The Morgan fingerprint density at radius 2 is 1.73 bits per heavy atom. The summed E-state index contributed by atoms with van der Waals surface area (Å²) in [7, 11) is 4.44. The number of carbonyl (C=O) groups is 5. The number of hydrogen-bond acceptors (Lipinski definition) is 12. The fourth-order valence-electron chi connectivity index (χ4n) is 8.28. The van der Waals surface area contributed by atoms with Gasteiger partial charge in [-0.05, 0) is 62.4 Å². The van der Waals surface area contributed by atoms with E-state index in [1.807, 2.05) is 22.8 Å². The third kappa shape index (κ3) is 11.5. The molecule has 0 saturated carbocycles. The number of anilines is 4. The third-order valence-corrected chi connectivity index (χ3v) is 11.9. The Balaban J connectivity index is 1.11. The summed E-state index contributed by atoms with van der Waals surface area (Å²) in [6.07, 6.45) is 3.91. The molecule has 2 atom stereocenters. The highest BCUT2D eigenvalue weighted by Gasteiger charge is 2.30. The largest absolute Gasteiger partial charge is 0.495 e. The highest BCUT2D eigenvalue weighted by atomic mass is 19.1. The summed E-state index contributed by atoms with van der Waals surface area (Å²) in [5.41, 5.74) is 2.64. The molecule has 0 bridgehead atoms. The topological polar surface area (TPSA) is 171 Å². The van der Waals surface area contributed by atoms with Gasteiger partial charge in [-0.15, -0.1) is 0 Å². The zero-order chi connectivity index (χ0) is 44.8. The number of carbonyl (C=O) groups excluding carboxylic acids is 5. The Hall–Kier alpha value is -6.28. The second-order valence-corrected chi connectivity index (χ2v) is 15.7. The summed E-state index contributed by atoms with van der Waals surface area (Å²) < 4.78 is 36.4. The van der Waals surface area contributed by atoms with Crippen LogP contribution >= 0.6 is 0 Å². The van der Waals surface area contributed by atoms with E-state index in [0.29, 0.717) is 62.4 Å². The van der Waals surface area contributed by atoms with Gasteiger partial charge in [0.2, 0.25) is 12.3 Å². The van der Waals surface area contributed by atoms with Crippen LogP contribution in [0.15, 0.2) is 48.5 Å². The van der Waals surface area contributed by atoms with Gasteiger partial charge in [-0.25, -0.2) is 8.78 Å². The van der Waals surface area contributed by atoms with Gasteiger partial charge in [0.15, 0.2) is 6.29 Å². The lowest BCUT2D eigenvalue weighted by Gasteiger charge is -2.40. The van der Waals surface area contributed by atoms with Crippen LogP contribution in [-0.4, -0.2) is 139 Å². The Morgan fingerprint density at radius 1 is 0.984 bits per heavy atom. The smallest absolute Gasteiger partial charge is 0.255 e. The summed E-state index contributed by atoms with van der Waals surface area (Å²) in [6, 6.07) is 13.8. The van der Waals surface area contributed by atoms with Crippen LogP contribution in [0.3, 0.4) is 0 Å². The molecule has 0 radical (unpaired) electrons. The molecule has 3 amide bonds. The Labute approximate surface area is 361 Å². The number of benzene rings is 3. The molecule has 2 unspecified atom stereocenters. The number of rotatable bonds is 21. The minimum absolute atomic E-state index is 0.0501. The fraction of sp³-hybridized carbons (Fsp3) is 0.467. The van der Waals surface area contributed by atoms with Crippen molar-refractivity contribution in [2.24, 2.45) is 5.92 Å². The van der Waals surface area contributed by atoms with Crippen molar-refractivity contribution in [3.8, 4) is 11.8 Å². The van der Waals surface area contributed by atoms with Gasteiger partial charge in [-0.2, -0.15) is 5.26 Å². The molecule has 2 aliphatic heterocycles. The van der Waals surface area contributed by atoms with E-state index in [0.717, 1.165) is 56.9 Å². The van der Waals surface area contributed by atoms with Crippen molar-refractivity contribution in [1.82, 2.24) is 20.4 Å². The zero-order valence-electron chi connectivity index (χ0n) is 35.9. The van der Waals surface area contributed by atoms with Crippen LogP contribution < -0.4 is 35.4 Å². The molecule has 2 heterocycles. The van der Waals surface area contributed by atoms with E-state index in [9.17, 15) is 29.2 Å². The van der Waals surface area contributed by atoms with Crippen LogP contribution in [0.25, 0.3) is 0 Å². The quantitative estimate of drug-likeness (QED) is 0.132. The number of amides is 3. The fourth-order valence-corrected chi connectivity index (χ4v) is 8.28. The van der Waals surface area contributed by atoms with Gasteiger partial charge in [-0.1, -0.05) is 0 Å². The monoisotopic (exact) mass is 857 g/mol. The summed E-state index contributed by atoms with van der Waals surface area (Å²) >= 11 is 0. The molecule has 15 nitrogen and oxygen atoms in total. The lowest BCUT2D eigenvalue weighted by molar-refractivity contribution is -0.125. The van der Waals surface area contributed by atoms with E-state index in [4.69, 9.17) is 4.74 Å². The molecule has 2 fully saturated rings. The number of likely N-dealkylation sites (N-methyl/N-ethyl adjacent to an activating group) is 2. The van der Waals surface area contributed by atoms with Crippen LogP contribution in [0.2, 0.25) is 0 Å². The molecular weight excluding hydrogens is 801 g/mol. The highest BCUT2D eigenvalue weighted by molar-refractivity contribution is 6.03. The number of ether oxygens (including phenoxy) is 1. The lowest BCUT2D eigenvalue weighted by Crippen LogP contribution is -2.49. The molecular formula is C45H57F2N9O6. The molecule has 3 aromatic rings. The summed E-state index contributed by atoms with van der Waals surface area (Å²) in [6.45, 7) is 8.03. The van der Waals surface area contributed by atoms with Crippen LogP contribution in [0.4, 0.5) is 31.5 Å². The van der Waals surface area contributed by atoms with Crippen molar-refractivity contribution in [3.63, 3.8) is 0 Å². The van der Waals surface area contributed by atoms with Crippen molar-refractivity contribution in [3.05, 3.63) is 76.9 Å². The third-order valence-electron chi connectivity index (χ3n) is 11.9. The Kier molecular flexibility index (Phi) is 17.0. The normalized spacial score (nSPS) is 15.4. The molecule has 62 heavy (non-hydrogen) atoms. The van der Waals surface area contributed by atoms with Crippen molar-refractivity contribution >= 4 is 53.5 Å². The van der Waals surface area contributed by atoms with Gasteiger partial charge in [0.1, 0.15) is 35.8 Å². The van der Waals surface area contributed by atoms with Gasteiger partial charge < -0.3 is 45.1 Å². The number of halogens is 2. The van der Waals surface area contributed by atoms with Crippen molar-refractivity contribution in [2.75, 3.05) is 107 Å². The van der Waals surface area contributed by atoms with Gasteiger partial charge in [-0.3, -0.25) is 24.1 Å². The maximum atomic E-state index is 15.6. The number of methoxy groups -OCH3 is 1. The first-order valence-corrected chi connectivity index (χ1v) is 20.9. The molecule has 3 aromatic carbocycles. The van der Waals surface area contributed by atoms with Crippen LogP contribution in [0.5, 0.6) is 5.75 Å². The molecule has 17 heteroatoms. The molecule has 0 aromatic heterocycles. The maximum Gasteiger partial charge on any atom is 0.255 e. The molecule has 2 saturated heterocycles. The average Bonchev–Trinajstić information content (AvgIpc) is 3.30. The average molecular weight is 858 g/mol. The molecule has 5 rings (SSSR count). The van der Waals surface area contributed by atoms with Gasteiger partial charge in [0.05, 0.1) is 29.6 Å². The van der Waals surface area contributed by atoms with Crippen LogP contribution in [0, 0.1) is 28.9 Å². The lowest BCUT2D eigenvalue weighted by atomic mass is 9.95. The van der Waals surface area contributed by atoms with E-state index < -0.39 is 29.5 Å². The first-order chi connectivity index (χ1) is 30.0. The zero-order valence-corrected chi connectivity index (χ0v) is 35.9. The minimum Gasteiger partial charge on any atom is -0.495 e. The highest BCUT2D eigenvalue weighted by Crippen LogP contribution is 2.31. The van der Waals surface area contributed by atoms with E-state index in [1.165, 1.54) is 38.2 Å². The van der Waals surface area contributed by atoms with Gasteiger partial charge >= 0.3 is 0 Å². The predicted molar refractivity (Wildman–Crippen MR) is 234 cm³/mol. The second kappa shape index (κ2) is 22.5. The SMILES string of the molecule is CNC(=O)C(CCC=O)N(C)C(=O)c1ccc(N2CCN(CC3CCN(c4cc(F)c(NCCN(c5ccc(C#N)c(OC)c5)C(C)CNC=O)cc4F)CC3)CC2)cc1C=O. The van der Waals surface area contributed by atoms with E-state index in [-0.39, 0.29) is 47.9 Å². The Bertz CT molecular complexity index is 2080. The maximum absolute atomic E-state index is 15.6. The van der Waals surface area contributed by atoms with E-state index in [2.05, 4.69) is 31.8 Å². The van der Waals surface area contributed by atoms with Gasteiger partial charge in [0, 0.05) is 127 Å². The predicted octanol–water partition coefficient (Wildman–Crippen LogP) is 3.91. The molecule has 332 valence electrons. The van der Waals surface area contributed by atoms with Crippen molar-refractivity contribution in [1.29, 1.82) is 5.26 Å². The molecule has 0 aliphatic carbocycles. The standard InChI is InChI=1S/C45H57F2N9O6/c1-31(27-50-30-59)56(36-8-7-33(26-48)43(23-36)62-4)16-13-51-40-24-39(47)42(25-38(40)46)55-14-11-32(12-15-55)28-53-17-19-54(20-18-53)35-9-10-37(34(22-35)29-58)45(61)52(3)41(6-5-21-57)44(60)49-2/h7-10,21-25,29-32,41,51H,5-6,11-20,27-28H2,1-4H3,(H,49,60)(H,50,59). The van der Waals surface area contributed by atoms with Crippen molar-refractivity contribution in [2.45, 2.75) is 44.7 Å². The number of nitrogens with one attached hydrogen (secondary N) is 3. The number of nitriles is 1. The first-order valence-electron chi connectivity index (χ1n) is 20.9. The molecule has 3 N–H and O–H groups in total.